The van der Waals surface area contributed by atoms with E-state index in [-0.39, 0.29) is 11.4 Å². The second kappa shape index (κ2) is 7.06. The molecule has 0 bridgehead atoms. The first-order chi connectivity index (χ1) is 15.2. The van der Waals surface area contributed by atoms with Gasteiger partial charge in [-0.05, 0) is 49.9 Å². The van der Waals surface area contributed by atoms with E-state index in [0.29, 0.717) is 18.9 Å². The Labute approximate surface area is 190 Å². The average Bonchev–Trinajstić information content (AvgIpc) is 3.31. The second-order valence-electron chi connectivity index (χ2n) is 8.82. The number of benzene rings is 1. The van der Waals surface area contributed by atoms with Crippen molar-refractivity contribution in [2.24, 2.45) is 0 Å². The highest BCUT2D eigenvalue weighted by Gasteiger charge is 2.38. The zero-order valence-electron chi connectivity index (χ0n) is 18.6. The summed E-state index contributed by atoms with van der Waals surface area (Å²) >= 11 is 1.65. The minimum atomic E-state index is -0.380. The monoisotopic (exact) mass is 447 g/mol. The van der Waals surface area contributed by atoms with Gasteiger partial charge < -0.3 is 19.9 Å². The van der Waals surface area contributed by atoms with Gasteiger partial charge in [-0.25, -0.2) is 9.97 Å². The third-order valence-electron chi connectivity index (χ3n) is 6.08. The number of aromatic nitrogens is 3. The van der Waals surface area contributed by atoms with Crippen LogP contribution in [-0.2, 0) is 16.9 Å². The number of fused-ring (bicyclic) bond motifs is 4. The van der Waals surface area contributed by atoms with Crippen molar-refractivity contribution in [1.82, 2.24) is 19.4 Å². The van der Waals surface area contributed by atoms with Crippen LogP contribution in [0.3, 0.4) is 0 Å². The number of ether oxygens (including phenoxy) is 1. The Balaban J connectivity index is 1.86. The Morgan fingerprint density at radius 2 is 2.09 bits per heavy atom. The summed E-state index contributed by atoms with van der Waals surface area (Å²) in [5.74, 6) is 1.19. The highest BCUT2D eigenvalue weighted by molar-refractivity contribution is 7.22. The molecule has 1 aromatic carbocycles. The third-order valence-corrected chi connectivity index (χ3v) is 7.26. The molecular formula is C24H25N5O2S. The molecule has 1 aliphatic rings. The fourth-order valence-electron chi connectivity index (χ4n) is 4.85. The van der Waals surface area contributed by atoms with Gasteiger partial charge in [-0.15, -0.1) is 11.3 Å². The predicted molar refractivity (Wildman–Crippen MR) is 129 cm³/mol. The Hall–Kier alpha value is -3.39. The molecule has 0 spiro atoms. The van der Waals surface area contributed by atoms with Gasteiger partial charge in [0.1, 0.15) is 23.5 Å². The lowest BCUT2D eigenvalue weighted by Crippen LogP contribution is -2.48. The summed E-state index contributed by atoms with van der Waals surface area (Å²) in [7, 11) is 1.69. The first-order valence-electron chi connectivity index (χ1n) is 10.4. The highest BCUT2D eigenvalue weighted by Crippen LogP contribution is 2.47. The Bertz CT molecular complexity index is 1420. The number of aryl methyl sites for hydroxylation is 1. The third kappa shape index (κ3) is 2.90. The molecule has 0 aliphatic carbocycles. The predicted octanol–water partition coefficient (Wildman–Crippen LogP) is 4.48. The molecule has 0 fully saturated rings. The van der Waals surface area contributed by atoms with E-state index in [2.05, 4.69) is 54.0 Å². The van der Waals surface area contributed by atoms with Gasteiger partial charge in [0.15, 0.2) is 0 Å². The number of anilines is 1. The number of hydrogen-bond acceptors (Lipinski definition) is 6. The standard InChI is InChI=1S/C24H25N5O2S/c1-6-18(30)28-10-15-19(17-9-14-7-13(2)8-16(31-5)21(14)32-17)20-22(25)26-12-27-23(20)29(15)24(3,4)11-28/h6-9,12H,1,10-11H2,2-5H3,(H2,25,26,27). The van der Waals surface area contributed by atoms with Crippen LogP contribution in [-0.4, -0.2) is 39.0 Å². The molecule has 7 nitrogen and oxygen atoms in total. The molecule has 4 heterocycles. The maximum atomic E-state index is 12.6. The number of carbonyl (C=O) groups excluding carboxylic acids is 1. The van der Waals surface area contributed by atoms with E-state index < -0.39 is 0 Å². The van der Waals surface area contributed by atoms with Crippen molar-refractivity contribution in [2.45, 2.75) is 32.9 Å². The van der Waals surface area contributed by atoms with Crippen molar-refractivity contribution >= 4 is 44.2 Å². The van der Waals surface area contributed by atoms with Crippen molar-refractivity contribution in [3.05, 3.63) is 48.4 Å². The second-order valence-corrected chi connectivity index (χ2v) is 9.87. The lowest BCUT2D eigenvalue weighted by molar-refractivity contribution is -0.128. The van der Waals surface area contributed by atoms with Crippen LogP contribution >= 0.6 is 11.3 Å². The van der Waals surface area contributed by atoms with E-state index in [1.807, 2.05) is 11.0 Å². The van der Waals surface area contributed by atoms with Crippen LogP contribution in [0.2, 0.25) is 0 Å². The number of hydrogen-bond donors (Lipinski definition) is 1. The first-order valence-corrected chi connectivity index (χ1v) is 11.2. The molecule has 3 aromatic heterocycles. The lowest BCUT2D eigenvalue weighted by atomic mass is 9.99. The number of thiophene rings is 1. The average molecular weight is 448 g/mol. The molecule has 5 rings (SSSR count). The molecule has 1 aliphatic heterocycles. The Kier molecular flexibility index (Phi) is 4.53. The number of nitrogen functional groups attached to an aromatic ring is 1. The van der Waals surface area contributed by atoms with Crippen LogP contribution in [0, 0.1) is 6.92 Å². The zero-order valence-corrected chi connectivity index (χ0v) is 19.4. The van der Waals surface area contributed by atoms with Gasteiger partial charge in [0.05, 0.1) is 29.3 Å². The molecule has 4 aromatic rings. The molecule has 1 amide bonds. The van der Waals surface area contributed by atoms with E-state index >= 15 is 0 Å². The quantitative estimate of drug-likeness (QED) is 0.468. The molecule has 0 saturated carbocycles. The summed E-state index contributed by atoms with van der Waals surface area (Å²) in [5.41, 5.74) is 9.93. The van der Waals surface area contributed by atoms with Gasteiger partial charge in [-0.3, -0.25) is 4.79 Å². The smallest absolute Gasteiger partial charge is 0.246 e. The zero-order chi connectivity index (χ0) is 22.8. The van der Waals surface area contributed by atoms with Crippen molar-refractivity contribution in [3.8, 4) is 16.2 Å². The molecule has 0 unspecified atom stereocenters. The molecule has 0 saturated heterocycles. The summed E-state index contributed by atoms with van der Waals surface area (Å²) in [5, 5.41) is 1.94. The fraction of sp³-hybridized carbons (Fsp3) is 0.292. The van der Waals surface area contributed by atoms with Crippen LogP contribution in [0.25, 0.3) is 31.6 Å². The van der Waals surface area contributed by atoms with E-state index in [1.54, 1.807) is 18.4 Å². The van der Waals surface area contributed by atoms with Crippen LogP contribution in [0.1, 0.15) is 25.1 Å². The summed E-state index contributed by atoms with van der Waals surface area (Å²) in [6.45, 7) is 11.0. The number of amides is 1. The van der Waals surface area contributed by atoms with E-state index in [4.69, 9.17) is 10.5 Å². The number of methoxy groups -OCH3 is 1. The van der Waals surface area contributed by atoms with Crippen LogP contribution in [0.4, 0.5) is 5.82 Å². The summed E-state index contributed by atoms with van der Waals surface area (Å²) in [6, 6.07) is 6.36. The van der Waals surface area contributed by atoms with Gasteiger partial charge in [-0.2, -0.15) is 0 Å². The van der Waals surface area contributed by atoms with Gasteiger partial charge in [-0.1, -0.05) is 12.6 Å². The van der Waals surface area contributed by atoms with Crippen LogP contribution in [0.5, 0.6) is 5.75 Å². The van der Waals surface area contributed by atoms with E-state index in [1.165, 1.54) is 12.4 Å². The van der Waals surface area contributed by atoms with Crippen molar-refractivity contribution < 1.29 is 9.53 Å². The van der Waals surface area contributed by atoms with Crippen molar-refractivity contribution in [2.75, 3.05) is 19.4 Å². The maximum Gasteiger partial charge on any atom is 0.246 e. The maximum absolute atomic E-state index is 12.6. The summed E-state index contributed by atoms with van der Waals surface area (Å²) in [6.07, 6.45) is 2.87. The van der Waals surface area contributed by atoms with Gasteiger partial charge >= 0.3 is 0 Å². The normalized spacial score (nSPS) is 15.2. The van der Waals surface area contributed by atoms with E-state index in [0.717, 1.165) is 48.6 Å². The molecular weight excluding hydrogens is 422 g/mol. The molecule has 0 radical (unpaired) electrons. The minimum absolute atomic E-state index is 0.0896. The van der Waals surface area contributed by atoms with Crippen LogP contribution in [0.15, 0.2) is 37.2 Å². The Morgan fingerprint density at radius 3 is 2.81 bits per heavy atom. The fourth-order valence-corrected chi connectivity index (χ4v) is 6.05. The first kappa shape index (κ1) is 20.5. The number of nitrogens with zero attached hydrogens (tertiary/aromatic N) is 4. The SMILES string of the molecule is C=CC(=O)N1Cc2c(-c3cc4cc(C)cc(OC)c4s3)c3c(N)ncnc3n2C(C)(C)C1. The summed E-state index contributed by atoms with van der Waals surface area (Å²) < 4.78 is 8.94. The van der Waals surface area contributed by atoms with Crippen LogP contribution < -0.4 is 10.5 Å². The van der Waals surface area contributed by atoms with Gasteiger partial charge in [0.2, 0.25) is 5.91 Å². The molecule has 0 atom stereocenters. The van der Waals surface area contributed by atoms with Gasteiger partial charge in [0, 0.05) is 22.7 Å². The summed E-state index contributed by atoms with van der Waals surface area (Å²) in [4.78, 5) is 24.4. The minimum Gasteiger partial charge on any atom is -0.495 e. The van der Waals surface area contributed by atoms with Gasteiger partial charge in [0.25, 0.3) is 0 Å². The lowest BCUT2D eigenvalue weighted by Gasteiger charge is -2.40. The highest BCUT2D eigenvalue weighted by atomic mass is 32.1. The topological polar surface area (TPSA) is 86.3 Å². The van der Waals surface area contributed by atoms with Crippen molar-refractivity contribution in [3.63, 3.8) is 0 Å². The van der Waals surface area contributed by atoms with E-state index in [9.17, 15) is 4.79 Å². The number of nitrogens with two attached hydrogens (primary N) is 1. The molecule has 164 valence electrons. The number of carbonyl (C=O) groups is 1. The molecule has 8 heteroatoms. The largest absolute Gasteiger partial charge is 0.495 e. The van der Waals surface area contributed by atoms with Crippen molar-refractivity contribution in [1.29, 1.82) is 0 Å². The number of rotatable bonds is 3. The Morgan fingerprint density at radius 1 is 1.31 bits per heavy atom. The molecule has 32 heavy (non-hydrogen) atoms. The molecule has 2 N–H and O–H groups in total.